The highest BCUT2D eigenvalue weighted by atomic mass is 19.1. The van der Waals surface area contributed by atoms with Crippen LogP contribution in [0, 0.1) is 15.9 Å². The van der Waals surface area contributed by atoms with Gasteiger partial charge in [0.05, 0.1) is 17.3 Å². The second kappa shape index (κ2) is 8.39. The molecule has 2 aromatic rings. The summed E-state index contributed by atoms with van der Waals surface area (Å²) in [5, 5.41) is 15.6. The largest absolute Gasteiger partial charge is 0.465 e. The standard InChI is InChI=1S/C16H14FN3O5/c17-11-3-5-13(14(10-11)20(23)24)19-16(22)7-8-18-15(21)6-4-12-2-1-9-25-12/h1-6,9-10H,7-8H2,(H,18,21)(H,19,22)/b6-4-. The molecule has 1 aromatic carbocycles. The third kappa shape index (κ3) is 5.57. The zero-order valence-electron chi connectivity index (χ0n) is 12.9. The zero-order valence-corrected chi connectivity index (χ0v) is 12.9. The minimum absolute atomic E-state index is 0.0299. The van der Waals surface area contributed by atoms with Gasteiger partial charge in [0.1, 0.15) is 17.3 Å². The summed E-state index contributed by atoms with van der Waals surface area (Å²) >= 11 is 0. The zero-order chi connectivity index (χ0) is 18.2. The highest BCUT2D eigenvalue weighted by Crippen LogP contribution is 2.24. The topological polar surface area (TPSA) is 114 Å². The molecule has 0 bridgehead atoms. The Hall–Kier alpha value is -3.49. The number of hydrogen-bond acceptors (Lipinski definition) is 5. The third-order valence-electron chi connectivity index (χ3n) is 3.02. The lowest BCUT2D eigenvalue weighted by Crippen LogP contribution is -2.26. The molecular weight excluding hydrogens is 333 g/mol. The average molecular weight is 347 g/mol. The van der Waals surface area contributed by atoms with Gasteiger partial charge in [-0.15, -0.1) is 0 Å². The Morgan fingerprint density at radius 3 is 2.80 bits per heavy atom. The molecule has 0 aliphatic carbocycles. The van der Waals surface area contributed by atoms with Crippen molar-refractivity contribution in [3.8, 4) is 0 Å². The number of halogens is 1. The van der Waals surface area contributed by atoms with Gasteiger partial charge in [0, 0.05) is 19.0 Å². The predicted molar refractivity (Wildman–Crippen MR) is 87.1 cm³/mol. The lowest BCUT2D eigenvalue weighted by molar-refractivity contribution is -0.384. The fourth-order valence-corrected chi connectivity index (χ4v) is 1.88. The minimum atomic E-state index is -0.792. The molecular formula is C16H14FN3O5. The van der Waals surface area contributed by atoms with Crippen LogP contribution in [0.1, 0.15) is 12.2 Å². The highest BCUT2D eigenvalue weighted by Gasteiger charge is 2.16. The first-order valence-corrected chi connectivity index (χ1v) is 7.19. The molecule has 130 valence electrons. The molecule has 8 nitrogen and oxygen atoms in total. The summed E-state index contributed by atoms with van der Waals surface area (Å²) in [5.41, 5.74) is -0.654. The first kappa shape index (κ1) is 17.9. The number of amides is 2. The summed E-state index contributed by atoms with van der Waals surface area (Å²) in [7, 11) is 0. The van der Waals surface area contributed by atoms with E-state index in [9.17, 15) is 24.1 Å². The van der Waals surface area contributed by atoms with Crippen molar-refractivity contribution in [2.75, 3.05) is 11.9 Å². The van der Waals surface area contributed by atoms with E-state index in [4.69, 9.17) is 4.42 Å². The number of nitro benzene ring substituents is 1. The summed E-state index contributed by atoms with van der Waals surface area (Å²) in [4.78, 5) is 33.4. The Kier molecular flexibility index (Phi) is 5.99. The number of rotatable bonds is 7. The number of benzene rings is 1. The summed E-state index contributed by atoms with van der Waals surface area (Å²) in [5.74, 6) is -1.24. The van der Waals surface area contributed by atoms with E-state index in [1.54, 1.807) is 12.1 Å². The quantitative estimate of drug-likeness (QED) is 0.454. The summed E-state index contributed by atoms with van der Waals surface area (Å²) in [6.07, 6.45) is 4.09. The monoisotopic (exact) mass is 347 g/mol. The van der Waals surface area contributed by atoms with Crippen LogP contribution in [0.15, 0.2) is 47.1 Å². The first-order valence-electron chi connectivity index (χ1n) is 7.19. The van der Waals surface area contributed by atoms with E-state index in [2.05, 4.69) is 10.6 Å². The van der Waals surface area contributed by atoms with Gasteiger partial charge in [-0.2, -0.15) is 0 Å². The molecule has 0 atom stereocenters. The van der Waals surface area contributed by atoms with Crippen LogP contribution < -0.4 is 10.6 Å². The second-order valence-electron chi connectivity index (χ2n) is 4.86. The van der Waals surface area contributed by atoms with E-state index in [1.165, 1.54) is 18.4 Å². The molecule has 0 radical (unpaired) electrons. The van der Waals surface area contributed by atoms with Gasteiger partial charge in [-0.05, 0) is 30.3 Å². The van der Waals surface area contributed by atoms with Crippen molar-refractivity contribution >= 4 is 29.3 Å². The smallest absolute Gasteiger partial charge is 0.295 e. The normalized spacial score (nSPS) is 10.6. The van der Waals surface area contributed by atoms with Crippen molar-refractivity contribution in [3.05, 3.63) is 64.4 Å². The van der Waals surface area contributed by atoms with Crippen LogP contribution in [0.25, 0.3) is 6.08 Å². The molecule has 0 fully saturated rings. The SMILES string of the molecule is O=C(/C=C\c1ccco1)NCCC(=O)Nc1ccc(F)cc1[N+](=O)[O-]. The molecule has 0 saturated carbocycles. The van der Waals surface area contributed by atoms with E-state index in [0.717, 1.165) is 18.2 Å². The van der Waals surface area contributed by atoms with Crippen molar-refractivity contribution in [2.24, 2.45) is 0 Å². The Morgan fingerprint density at radius 2 is 2.12 bits per heavy atom. The van der Waals surface area contributed by atoms with Crippen molar-refractivity contribution in [1.29, 1.82) is 0 Å². The van der Waals surface area contributed by atoms with E-state index in [-0.39, 0.29) is 18.7 Å². The number of anilines is 1. The van der Waals surface area contributed by atoms with E-state index >= 15 is 0 Å². The van der Waals surface area contributed by atoms with E-state index in [1.807, 2.05) is 0 Å². The Morgan fingerprint density at radius 1 is 1.32 bits per heavy atom. The molecule has 2 amide bonds. The van der Waals surface area contributed by atoms with Crippen molar-refractivity contribution < 1.29 is 23.3 Å². The summed E-state index contributed by atoms with van der Waals surface area (Å²) in [6, 6.07) is 6.18. The lowest BCUT2D eigenvalue weighted by Gasteiger charge is -2.06. The van der Waals surface area contributed by atoms with Crippen molar-refractivity contribution in [2.45, 2.75) is 6.42 Å². The maximum absolute atomic E-state index is 13.0. The summed E-state index contributed by atoms with van der Waals surface area (Å²) < 4.78 is 18.1. The lowest BCUT2D eigenvalue weighted by atomic mass is 10.2. The molecule has 0 spiro atoms. The minimum Gasteiger partial charge on any atom is -0.465 e. The van der Waals surface area contributed by atoms with E-state index in [0.29, 0.717) is 5.76 Å². The van der Waals surface area contributed by atoms with Crippen molar-refractivity contribution in [3.63, 3.8) is 0 Å². The molecule has 1 aromatic heterocycles. The van der Waals surface area contributed by atoms with Gasteiger partial charge >= 0.3 is 0 Å². The van der Waals surface area contributed by atoms with Gasteiger partial charge in [-0.3, -0.25) is 19.7 Å². The number of carbonyl (C=O) groups is 2. The fraction of sp³-hybridized carbons (Fsp3) is 0.125. The number of nitrogens with one attached hydrogen (secondary N) is 2. The Labute approximate surface area is 141 Å². The van der Waals surface area contributed by atoms with Crippen molar-refractivity contribution in [1.82, 2.24) is 5.32 Å². The maximum atomic E-state index is 13.0. The average Bonchev–Trinajstić information content (AvgIpc) is 3.08. The summed E-state index contributed by atoms with van der Waals surface area (Å²) in [6.45, 7) is 0.0299. The molecule has 0 saturated heterocycles. The second-order valence-corrected chi connectivity index (χ2v) is 4.86. The molecule has 0 aliphatic heterocycles. The Balaban J connectivity index is 1.81. The molecule has 25 heavy (non-hydrogen) atoms. The number of hydrogen-bond donors (Lipinski definition) is 2. The number of furan rings is 1. The van der Waals surface area contributed by atoms with Gasteiger partial charge in [0.2, 0.25) is 11.8 Å². The van der Waals surface area contributed by atoms with Gasteiger partial charge in [-0.25, -0.2) is 4.39 Å². The first-order chi connectivity index (χ1) is 12.0. The fourth-order valence-electron chi connectivity index (χ4n) is 1.88. The highest BCUT2D eigenvalue weighted by molar-refractivity contribution is 5.94. The van der Waals surface area contributed by atoms with Crippen LogP contribution in [0.5, 0.6) is 0 Å². The van der Waals surface area contributed by atoms with Gasteiger partial charge in [0.15, 0.2) is 0 Å². The number of nitrogens with zero attached hydrogens (tertiary/aromatic N) is 1. The third-order valence-corrected chi connectivity index (χ3v) is 3.02. The number of nitro groups is 1. The molecule has 2 N–H and O–H groups in total. The van der Waals surface area contributed by atoms with Crippen LogP contribution in [-0.2, 0) is 9.59 Å². The van der Waals surface area contributed by atoms with Gasteiger partial charge < -0.3 is 15.1 Å². The van der Waals surface area contributed by atoms with Crippen LogP contribution in [0.4, 0.5) is 15.8 Å². The molecule has 0 unspecified atom stereocenters. The van der Waals surface area contributed by atoms with Crippen LogP contribution in [0.3, 0.4) is 0 Å². The van der Waals surface area contributed by atoms with Gasteiger partial charge in [0.25, 0.3) is 5.69 Å². The van der Waals surface area contributed by atoms with Crippen LogP contribution >= 0.6 is 0 Å². The maximum Gasteiger partial charge on any atom is 0.295 e. The predicted octanol–water partition coefficient (Wildman–Crippen LogP) is 2.49. The molecule has 1 heterocycles. The number of carbonyl (C=O) groups excluding carboxylic acids is 2. The van der Waals surface area contributed by atoms with Gasteiger partial charge in [-0.1, -0.05) is 0 Å². The van der Waals surface area contributed by atoms with E-state index < -0.39 is 28.2 Å². The molecule has 2 rings (SSSR count). The molecule has 9 heteroatoms. The van der Waals surface area contributed by atoms with Crippen LogP contribution in [-0.4, -0.2) is 23.3 Å². The molecule has 0 aliphatic rings. The Bertz CT molecular complexity index is 802. The van der Waals surface area contributed by atoms with Crippen LogP contribution in [0.2, 0.25) is 0 Å².